The van der Waals surface area contributed by atoms with Crippen LogP contribution in [0, 0.1) is 0 Å². The van der Waals surface area contributed by atoms with Crippen LogP contribution in [0.2, 0.25) is 10.0 Å². The van der Waals surface area contributed by atoms with Gasteiger partial charge in [-0.3, -0.25) is 9.98 Å². The Kier molecular flexibility index (Phi) is 8.32. The second kappa shape index (κ2) is 10.4. The largest absolute Gasteiger partial charge is 0.250 e. The van der Waals surface area contributed by atoms with Crippen LogP contribution in [0.5, 0.6) is 0 Å². The fourth-order valence-electron chi connectivity index (χ4n) is 2.54. The number of pyridine rings is 1. The van der Waals surface area contributed by atoms with Crippen molar-refractivity contribution in [1.82, 2.24) is 4.98 Å². The number of benzene rings is 2. The number of hydrogen-bond acceptors (Lipinski definition) is 3. The first-order chi connectivity index (χ1) is 14.2. The van der Waals surface area contributed by atoms with Crippen LogP contribution in [0.4, 0.5) is 11.4 Å². The molecule has 0 unspecified atom stereocenters. The quantitative estimate of drug-likeness (QED) is 0.250. The van der Waals surface area contributed by atoms with Gasteiger partial charge in [-0.2, -0.15) is 0 Å². The molecule has 0 bridgehead atoms. The average Bonchev–Trinajstić information content (AvgIpc) is 2.68. The second-order valence-corrected chi connectivity index (χ2v) is 10.6. The van der Waals surface area contributed by atoms with E-state index < -0.39 is 0 Å². The van der Waals surface area contributed by atoms with Gasteiger partial charge in [0.1, 0.15) is 5.69 Å². The van der Waals surface area contributed by atoms with Crippen LogP contribution in [-0.2, 0) is 0 Å². The monoisotopic (exact) mass is 693 g/mol. The summed E-state index contributed by atoms with van der Waals surface area (Å²) in [6.07, 6.45) is 0. The molecule has 0 fully saturated rings. The number of nitrogens with zero attached hydrogens (tertiary/aromatic N) is 3. The lowest BCUT2D eigenvalue weighted by Crippen LogP contribution is -2.07. The van der Waals surface area contributed by atoms with E-state index in [-0.39, 0.29) is 0 Å². The van der Waals surface area contributed by atoms with Crippen LogP contribution in [0.25, 0.3) is 0 Å². The number of halogens is 6. The molecule has 2 aromatic carbocycles. The average molecular weight is 698 g/mol. The molecule has 0 N–H and O–H groups in total. The van der Waals surface area contributed by atoms with Crippen molar-refractivity contribution in [1.29, 1.82) is 0 Å². The van der Waals surface area contributed by atoms with Crippen LogP contribution < -0.4 is 0 Å². The van der Waals surface area contributed by atoms with Crippen LogP contribution in [0.1, 0.15) is 25.2 Å². The Bertz CT molecular complexity index is 1190. The minimum Gasteiger partial charge on any atom is -0.250 e. The fourth-order valence-corrected chi connectivity index (χ4v) is 5.24. The predicted octanol–water partition coefficient (Wildman–Crippen LogP) is 9.72. The summed E-state index contributed by atoms with van der Waals surface area (Å²) in [5.74, 6) is 0. The Labute approximate surface area is 218 Å². The van der Waals surface area contributed by atoms with E-state index in [0.29, 0.717) is 32.9 Å². The maximum absolute atomic E-state index is 6.45. The van der Waals surface area contributed by atoms with Crippen LogP contribution in [-0.4, -0.2) is 16.4 Å². The molecule has 30 heavy (non-hydrogen) atoms. The molecule has 0 saturated carbocycles. The van der Waals surface area contributed by atoms with Gasteiger partial charge in [-0.05, 0) is 88.2 Å². The van der Waals surface area contributed by atoms with Gasteiger partial charge in [0, 0.05) is 17.9 Å². The highest BCUT2D eigenvalue weighted by Crippen LogP contribution is 2.32. The van der Waals surface area contributed by atoms with E-state index in [2.05, 4.69) is 73.7 Å². The molecule has 0 atom stereocenters. The van der Waals surface area contributed by atoms with E-state index in [9.17, 15) is 0 Å². The van der Waals surface area contributed by atoms with E-state index in [1.165, 1.54) is 0 Å². The van der Waals surface area contributed by atoms with E-state index >= 15 is 0 Å². The maximum Gasteiger partial charge on any atom is 0.105 e. The van der Waals surface area contributed by atoms with Crippen LogP contribution in [0.3, 0.4) is 0 Å². The molecule has 0 spiro atoms. The van der Waals surface area contributed by atoms with Crippen molar-refractivity contribution in [3.63, 3.8) is 0 Å². The third-order valence-electron chi connectivity index (χ3n) is 4.02. The Morgan fingerprint density at radius 3 is 1.77 bits per heavy atom. The van der Waals surface area contributed by atoms with Gasteiger partial charge in [-0.15, -0.1) is 0 Å². The smallest absolute Gasteiger partial charge is 0.105 e. The summed E-state index contributed by atoms with van der Waals surface area (Å²) in [6, 6.07) is 13.2. The summed E-state index contributed by atoms with van der Waals surface area (Å²) in [5.41, 5.74) is 4.03. The molecule has 0 saturated heterocycles. The van der Waals surface area contributed by atoms with Crippen molar-refractivity contribution < 1.29 is 0 Å². The number of aliphatic imine (C=N–C) groups is 2. The normalized spacial score (nSPS) is 12.4. The lowest BCUT2D eigenvalue weighted by Gasteiger charge is -2.10. The number of hydrogen-bond donors (Lipinski definition) is 0. The highest BCUT2D eigenvalue weighted by atomic mass is 79.9. The van der Waals surface area contributed by atoms with Crippen molar-refractivity contribution in [2.45, 2.75) is 13.8 Å². The van der Waals surface area contributed by atoms with Gasteiger partial charge in [0.15, 0.2) is 0 Å². The lowest BCUT2D eigenvalue weighted by atomic mass is 10.2. The molecule has 1 heterocycles. The summed E-state index contributed by atoms with van der Waals surface area (Å²) in [5, 5.41) is 0.748. The Balaban J connectivity index is 2.05. The standard InChI is InChI=1S/C21H13Br4Cl2N3/c1-10(28-17-5-3-12(22)7-14(17)24)19-9-16(26)20(27)21(30-19)11(2)29-18-6-4-13(23)8-15(18)25/h3-9H,1-2H3. The first kappa shape index (κ1) is 24.1. The molecule has 0 amide bonds. The second-order valence-electron chi connectivity index (χ2n) is 6.24. The molecule has 0 radical (unpaired) electrons. The first-order valence-electron chi connectivity index (χ1n) is 8.53. The zero-order chi connectivity index (χ0) is 22.0. The van der Waals surface area contributed by atoms with Crippen molar-refractivity contribution in [3.8, 4) is 0 Å². The van der Waals surface area contributed by atoms with Gasteiger partial charge in [0.2, 0.25) is 0 Å². The van der Waals surface area contributed by atoms with E-state index in [1.807, 2.05) is 50.2 Å². The maximum atomic E-state index is 6.45. The minimum atomic E-state index is 0.354. The highest BCUT2D eigenvalue weighted by Gasteiger charge is 2.15. The zero-order valence-electron chi connectivity index (χ0n) is 15.7. The van der Waals surface area contributed by atoms with Gasteiger partial charge >= 0.3 is 0 Å². The summed E-state index contributed by atoms with van der Waals surface area (Å²) in [4.78, 5) is 14.0. The molecule has 9 heteroatoms. The van der Waals surface area contributed by atoms with Crippen LogP contribution >= 0.6 is 86.9 Å². The van der Waals surface area contributed by atoms with E-state index in [1.54, 1.807) is 6.07 Å². The summed E-state index contributed by atoms with van der Waals surface area (Å²) < 4.78 is 3.65. The highest BCUT2D eigenvalue weighted by molar-refractivity contribution is 9.11. The molecular formula is C21H13Br4Cl2N3. The summed E-state index contributed by atoms with van der Waals surface area (Å²) in [6.45, 7) is 3.73. The van der Waals surface area contributed by atoms with Crippen molar-refractivity contribution in [2.75, 3.05) is 0 Å². The van der Waals surface area contributed by atoms with Crippen LogP contribution in [0.15, 0.2) is 70.3 Å². The molecule has 3 nitrogen and oxygen atoms in total. The molecular weight excluding hydrogens is 685 g/mol. The number of aromatic nitrogens is 1. The van der Waals surface area contributed by atoms with Gasteiger partial charge in [0.25, 0.3) is 0 Å². The Morgan fingerprint density at radius 2 is 1.27 bits per heavy atom. The zero-order valence-corrected chi connectivity index (χ0v) is 23.5. The SMILES string of the molecule is CC(=Nc1ccc(Br)cc1Br)c1cc(Cl)c(Cl)c(C(C)=Nc2ccc(Br)cc2Br)n1. The molecule has 154 valence electrons. The summed E-state index contributed by atoms with van der Waals surface area (Å²) in [7, 11) is 0. The predicted molar refractivity (Wildman–Crippen MR) is 142 cm³/mol. The first-order valence-corrected chi connectivity index (χ1v) is 12.5. The van der Waals surface area contributed by atoms with E-state index in [4.69, 9.17) is 28.2 Å². The molecule has 0 aliphatic rings. The van der Waals surface area contributed by atoms with Crippen molar-refractivity contribution >= 4 is 110 Å². The number of rotatable bonds is 4. The molecule has 3 rings (SSSR count). The Morgan fingerprint density at radius 1 is 0.767 bits per heavy atom. The summed E-state index contributed by atoms with van der Waals surface area (Å²) >= 11 is 26.8. The fraction of sp³-hybridized carbons (Fsp3) is 0.0952. The van der Waals surface area contributed by atoms with Gasteiger partial charge in [-0.25, -0.2) is 4.98 Å². The van der Waals surface area contributed by atoms with Gasteiger partial charge < -0.3 is 0 Å². The molecule has 3 aromatic rings. The lowest BCUT2D eigenvalue weighted by molar-refractivity contribution is 1.24. The van der Waals surface area contributed by atoms with Crippen molar-refractivity contribution in [2.24, 2.45) is 9.98 Å². The molecule has 1 aromatic heterocycles. The Hall–Kier alpha value is -0.570. The van der Waals surface area contributed by atoms with Crippen molar-refractivity contribution in [3.05, 3.63) is 81.8 Å². The molecule has 0 aliphatic carbocycles. The van der Waals surface area contributed by atoms with E-state index in [0.717, 1.165) is 29.3 Å². The molecule has 0 aliphatic heterocycles. The third kappa shape index (κ3) is 5.81. The minimum absolute atomic E-state index is 0.354. The topological polar surface area (TPSA) is 37.6 Å². The third-order valence-corrected chi connectivity index (χ3v) is 7.06. The van der Waals surface area contributed by atoms with Gasteiger partial charge in [0.05, 0.1) is 38.5 Å². The van der Waals surface area contributed by atoms with Gasteiger partial charge in [-0.1, -0.05) is 55.1 Å².